The zero-order valence-electron chi connectivity index (χ0n) is 7.16. The second-order valence-electron chi connectivity index (χ2n) is 2.82. The Morgan fingerprint density at radius 3 is 3.00 bits per heavy atom. The van der Waals surface area contributed by atoms with Gasteiger partial charge in [0, 0.05) is 0 Å². The monoisotopic (exact) mass is 194 g/mol. The van der Waals surface area contributed by atoms with Gasteiger partial charge in [0.05, 0.1) is 6.42 Å². The number of rotatable bonds is 2. The predicted octanol–water partition coefficient (Wildman–Crippen LogP) is 1.09. The van der Waals surface area contributed by atoms with Crippen molar-refractivity contribution < 1.29 is 8.91 Å². The molecule has 0 unspecified atom stereocenters. The number of nitrogens with zero attached hydrogens (tertiary/aromatic N) is 1. The lowest BCUT2D eigenvalue weighted by Crippen LogP contribution is -2.01. The minimum Gasteiger partial charge on any atom is -0.362 e. The van der Waals surface area contributed by atoms with E-state index in [0.717, 1.165) is 0 Å². The van der Waals surface area contributed by atoms with Gasteiger partial charge in [-0.25, -0.2) is 9.18 Å². The van der Waals surface area contributed by atoms with Crippen molar-refractivity contribution in [2.75, 3.05) is 0 Å². The van der Waals surface area contributed by atoms with E-state index in [4.69, 9.17) is 4.52 Å². The first-order chi connectivity index (χ1) is 6.74. The van der Waals surface area contributed by atoms with Gasteiger partial charge < -0.3 is 4.52 Å². The van der Waals surface area contributed by atoms with Gasteiger partial charge in [0.15, 0.2) is 0 Å². The molecule has 1 N–H and O–H groups in total. The van der Waals surface area contributed by atoms with E-state index in [1.807, 2.05) is 0 Å². The molecule has 4 nitrogen and oxygen atoms in total. The van der Waals surface area contributed by atoms with Gasteiger partial charge in [-0.15, -0.1) is 0 Å². The summed E-state index contributed by atoms with van der Waals surface area (Å²) in [7, 11) is 0. The number of hydrogen-bond donors (Lipinski definition) is 1. The Hall–Kier alpha value is -1.91. The lowest BCUT2D eigenvalue weighted by molar-refractivity contribution is 0.380. The van der Waals surface area contributed by atoms with Gasteiger partial charge in [-0.3, -0.25) is 0 Å². The zero-order chi connectivity index (χ0) is 9.97. The standard InChI is InChI=1S/C9H7FN2O2/c10-7-3-1-2-6(4-7)5-8-11-9(13)12-14-8/h1-4H,5H2,(H,12,13). The van der Waals surface area contributed by atoms with Crippen molar-refractivity contribution in [3.05, 3.63) is 52.0 Å². The molecule has 0 bridgehead atoms. The van der Waals surface area contributed by atoms with Gasteiger partial charge >= 0.3 is 5.69 Å². The van der Waals surface area contributed by atoms with Crippen LogP contribution in [0, 0.1) is 5.82 Å². The third-order valence-electron chi connectivity index (χ3n) is 1.73. The molecule has 0 fully saturated rings. The Labute approximate surface area is 78.4 Å². The van der Waals surface area contributed by atoms with E-state index < -0.39 is 5.69 Å². The smallest absolute Gasteiger partial charge is 0.362 e. The van der Waals surface area contributed by atoms with Crippen molar-refractivity contribution in [2.24, 2.45) is 0 Å². The number of aromatic amines is 1. The number of H-pyrrole nitrogens is 1. The molecular weight excluding hydrogens is 187 g/mol. The van der Waals surface area contributed by atoms with Crippen LogP contribution >= 0.6 is 0 Å². The summed E-state index contributed by atoms with van der Waals surface area (Å²) in [5.41, 5.74) is 0.177. The fraction of sp³-hybridized carbons (Fsp3) is 0.111. The molecule has 2 aromatic rings. The molecule has 0 amide bonds. The molecule has 0 aliphatic rings. The third kappa shape index (κ3) is 1.87. The van der Waals surface area contributed by atoms with Crippen molar-refractivity contribution in [1.29, 1.82) is 0 Å². The maximum atomic E-state index is 12.8. The van der Waals surface area contributed by atoms with Crippen LogP contribution in [0.1, 0.15) is 11.5 Å². The van der Waals surface area contributed by atoms with Crippen LogP contribution in [-0.2, 0) is 6.42 Å². The highest BCUT2D eigenvalue weighted by molar-refractivity contribution is 5.18. The molecule has 0 spiro atoms. The van der Waals surface area contributed by atoms with E-state index in [0.29, 0.717) is 12.0 Å². The Bertz CT molecular complexity index is 489. The van der Waals surface area contributed by atoms with Crippen LogP contribution in [-0.4, -0.2) is 10.1 Å². The number of aromatic nitrogens is 2. The molecule has 0 aliphatic heterocycles. The molecule has 1 aromatic heterocycles. The molecular formula is C9H7FN2O2. The summed E-state index contributed by atoms with van der Waals surface area (Å²) in [5, 5.41) is 2.07. The molecule has 5 heteroatoms. The van der Waals surface area contributed by atoms with Crippen LogP contribution in [0.3, 0.4) is 0 Å². The number of halogens is 1. The Kier molecular flexibility index (Phi) is 2.14. The van der Waals surface area contributed by atoms with Crippen LogP contribution in [0.4, 0.5) is 4.39 Å². The first kappa shape index (κ1) is 8.68. The second-order valence-corrected chi connectivity index (χ2v) is 2.82. The lowest BCUT2D eigenvalue weighted by Gasteiger charge is -1.95. The lowest BCUT2D eigenvalue weighted by atomic mass is 10.1. The largest absolute Gasteiger partial charge is 0.377 e. The summed E-state index contributed by atoms with van der Waals surface area (Å²) < 4.78 is 17.5. The van der Waals surface area contributed by atoms with E-state index in [1.54, 1.807) is 12.1 Å². The Morgan fingerprint density at radius 1 is 1.50 bits per heavy atom. The highest BCUT2D eigenvalue weighted by Gasteiger charge is 2.03. The number of hydrogen-bond acceptors (Lipinski definition) is 3. The van der Waals surface area contributed by atoms with Gasteiger partial charge in [-0.2, -0.15) is 10.1 Å². The third-order valence-corrected chi connectivity index (χ3v) is 1.73. The van der Waals surface area contributed by atoms with Gasteiger partial charge in [0.25, 0.3) is 0 Å². The molecule has 0 saturated carbocycles. The SMILES string of the molecule is O=c1nc(Cc2cccc(F)c2)o[nH]1. The normalized spacial score (nSPS) is 10.4. The average Bonchev–Trinajstić information content (AvgIpc) is 2.51. The topological polar surface area (TPSA) is 58.9 Å². The van der Waals surface area contributed by atoms with Crippen molar-refractivity contribution in [3.63, 3.8) is 0 Å². The zero-order valence-corrected chi connectivity index (χ0v) is 7.16. The first-order valence-electron chi connectivity index (χ1n) is 4.03. The van der Waals surface area contributed by atoms with Crippen LogP contribution in [0.5, 0.6) is 0 Å². The highest BCUT2D eigenvalue weighted by atomic mass is 19.1. The van der Waals surface area contributed by atoms with Gasteiger partial charge in [-0.1, -0.05) is 12.1 Å². The molecule has 0 aliphatic carbocycles. The second kappa shape index (κ2) is 3.45. The van der Waals surface area contributed by atoms with E-state index in [-0.39, 0.29) is 11.7 Å². The quantitative estimate of drug-likeness (QED) is 0.778. The van der Waals surface area contributed by atoms with Crippen molar-refractivity contribution in [1.82, 2.24) is 10.1 Å². The Morgan fingerprint density at radius 2 is 2.36 bits per heavy atom. The van der Waals surface area contributed by atoms with Crippen LogP contribution in [0.15, 0.2) is 33.6 Å². The Balaban J connectivity index is 2.22. The van der Waals surface area contributed by atoms with Crippen molar-refractivity contribution in [3.8, 4) is 0 Å². The molecule has 2 rings (SSSR count). The summed E-state index contributed by atoms with van der Waals surface area (Å²) >= 11 is 0. The maximum Gasteiger partial charge on any atom is 0.377 e. The fourth-order valence-corrected chi connectivity index (χ4v) is 1.16. The van der Waals surface area contributed by atoms with Gasteiger partial charge in [0.2, 0.25) is 5.89 Å². The first-order valence-corrected chi connectivity index (χ1v) is 4.03. The van der Waals surface area contributed by atoms with Crippen molar-refractivity contribution in [2.45, 2.75) is 6.42 Å². The summed E-state index contributed by atoms with van der Waals surface area (Å²) in [6, 6.07) is 6.05. The summed E-state index contributed by atoms with van der Waals surface area (Å²) in [4.78, 5) is 14.1. The maximum absolute atomic E-state index is 12.8. The summed E-state index contributed by atoms with van der Waals surface area (Å²) in [6.07, 6.45) is 0.302. The van der Waals surface area contributed by atoms with E-state index >= 15 is 0 Å². The predicted molar refractivity (Wildman–Crippen MR) is 46.3 cm³/mol. The van der Waals surface area contributed by atoms with Crippen LogP contribution in [0.25, 0.3) is 0 Å². The molecule has 0 radical (unpaired) electrons. The van der Waals surface area contributed by atoms with Crippen LogP contribution in [0.2, 0.25) is 0 Å². The number of benzene rings is 1. The highest BCUT2D eigenvalue weighted by Crippen LogP contribution is 2.07. The fourth-order valence-electron chi connectivity index (χ4n) is 1.16. The summed E-state index contributed by atoms with van der Waals surface area (Å²) in [5.74, 6) is -0.0685. The minimum absolute atomic E-state index is 0.251. The molecule has 0 saturated heterocycles. The minimum atomic E-state index is -0.531. The van der Waals surface area contributed by atoms with Gasteiger partial charge in [0.1, 0.15) is 5.82 Å². The molecule has 1 aromatic carbocycles. The molecule has 72 valence electrons. The number of nitrogens with one attached hydrogen (secondary N) is 1. The molecule has 1 heterocycles. The van der Waals surface area contributed by atoms with E-state index in [2.05, 4.69) is 10.1 Å². The molecule has 14 heavy (non-hydrogen) atoms. The van der Waals surface area contributed by atoms with Crippen LogP contribution < -0.4 is 5.69 Å². The van der Waals surface area contributed by atoms with E-state index in [1.165, 1.54) is 12.1 Å². The average molecular weight is 194 g/mol. The van der Waals surface area contributed by atoms with Gasteiger partial charge in [-0.05, 0) is 17.7 Å². The summed E-state index contributed by atoms with van der Waals surface area (Å²) in [6.45, 7) is 0. The van der Waals surface area contributed by atoms with Crippen molar-refractivity contribution >= 4 is 0 Å². The van der Waals surface area contributed by atoms with E-state index in [9.17, 15) is 9.18 Å². The molecule has 0 atom stereocenters.